The molecule has 0 amide bonds. The van der Waals surface area contributed by atoms with Gasteiger partial charge in [0, 0.05) is 12.4 Å². The SMILES string of the molecule is CC1CCCC1/C=N/N(CC1CO1)c1ccc(S(=O)(=O)c2ccc(N(CC3CO3)/N=C/C3CCCC3C)cc2)cc1. The van der Waals surface area contributed by atoms with Crippen molar-refractivity contribution >= 4 is 33.6 Å². The number of nitrogens with zero attached hydrogens (tertiary/aromatic N) is 4. The van der Waals surface area contributed by atoms with Crippen LogP contribution in [0.5, 0.6) is 0 Å². The summed E-state index contributed by atoms with van der Waals surface area (Å²) in [4.78, 5) is 0.531. The fraction of sp³-hybridized carbons (Fsp3) is 0.562. The summed E-state index contributed by atoms with van der Waals surface area (Å²) in [5.74, 6) is 2.28. The van der Waals surface area contributed by atoms with Crippen molar-refractivity contribution < 1.29 is 17.9 Å². The third-order valence-electron chi connectivity index (χ3n) is 9.10. The molecule has 0 aromatic heterocycles. The molecular formula is C32H42N4O4S. The fourth-order valence-corrected chi connectivity index (χ4v) is 7.29. The largest absolute Gasteiger partial charge is 0.371 e. The molecule has 0 radical (unpaired) electrons. The van der Waals surface area contributed by atoms with Crippen molar-refractivity contribution in [2.24, 2.45) is 33.9 Å². The molecule has 220 valence electrons. The molecule has 2 heterocycles. The normalized spacial score (nSPS) is 29.4. The van der Waals surface area contributed by atoms with Gasteiger partial charge in [0.25, 0.3) is 0 Å². The maximum absolute atomic E-state index is 13.5. The van der Waals surface area contributed by atoms with Gasteiger partial charge in [-0.05, 0) is 85.0 Å². The van der Waals surface area contributed by atoms with Gasteiger partial charge in [0.05, 0.1) is 47.5 Å². The number of hydrogen-bond donors (Lipinski definition) is 0. The van der Waals surface area contributed by atoms with E-state index in [2.05, 4.69) is 26.3 Å². The van der Waals surface area contributed by atoms with Crippen LogP contribution in [0.15, 0.2) is 68.5 Å². The molecule has 2 aliphatic carbocycles. The van der Waals surface area contributed by atoms with Crippen LogP contribution < -0.4 is 10.0 Å². The Hall–Kier alpha value is -2.75. The van der Waals surface area contributed by atoms with E-state index in [4.69, 9.17) is 19.7 Å². The highest BCUT2D eigenvalue weighted by Crippen LogP contribution is 2.32. The number of sulfone groups is 1. The molecule has 0 N–H and O–H groups in total. The standard InChI is InChI=1S/C32H42N4O4S/c1-23-5-3-7-25(23)17-33-35(19-29-21-39-29)27-9-13-31(14-10-27)41(37,38)32-15-11-28(12-16-32)36(20-30-22-40-30)34-18-26-8-4-6-24(26)2/h9-18,23-26,29-30H,3-8,19-22H2,1-2H3/b33-17+,34-18+. The number of anilines is 2. The number of rotatable bonds is 12. The lowest BCUT2D eigenvalue weighted by Gasteiger charge is -2.20. The predicted molar refractivity (Wildman–Crippen MR) is 163 cm³/mol. The van der Waals surface area contributed by atoms with E-state index >= 15 is 0 Å². The first-order valence-corrected chi connectivity index (χ1v) is 16.7. The van der Waals surface area contributed by atoms with E-state index in [1.807, 2.05) is 34.3 Å². The third-order valence-corrected chi connectivity index (χ3v) is 10.9. The first kappa shape index (κ1) is 28.4. The second-order valence-electron chi connectivity index (χ2n) is 12.2. The lowest BCUT2D eigenvalue weighted by molar-refractivity contribution is 0.408. The molecule has 0 spiro atoms. The van der Waals surface area contributed by atoms with Crippen molar-refractivity contribution in [3.8, 4) is 0 Å². The van der Waals surface area contributed by atoms with E-state index in [0.29, 0.717) is 36.8 Å². The van der Waals surface area contributed by atoms with E-state index in [-0.39, 0.29) is 22.0 Å². The number of hydrazone groups is 2. The smallest absolute Gasteiger partial charge is 0.206 e. The van der Waals surface area contributed by atoms with E-state index in [9.17, 15) is 8.42 Å². The molecule has 2 aromatic carbocycles. The monoisotopic (exact) mass is 578 g/mol. The highest BCUT2D eigenvalue weighted by atomic mass is 32.2. The molecular weight excluding hydrogens is 536 g/mol. The van der Waals surface area contributed by atoms with Crippen LogP contribution in [0.25, 0.3) is 0 Å². The molecule has 4 fully saturated rings. The summed E-state index contributed by atoms with van der Waals surface area (Å²) in [7, 11) is -3.67. The maximum Gasteiger partial charge on any atom is 0.206 e. The van der Waals surface area contributed by atoms with Crippen LogP contribution in [-0.2, 0) is 19.3 Å². The Morgan fingerprint density at radius 2 is 1.10 bits per heavy atom. The van der Waals surface area contributed by atoms with Crippen molar-refractivity contribution in [1.29, 1.82) is 0 Å². The topological polar surface area (TPSA) is 90.4 Å². The second kappa shape index (κ2) is 12.2. The Kier molecular flexibility index (Phi) is 8.47. The van der Waals surface area contributed by atoms with Crippen LogP contribution in [0.3, 0.4) is 0 Å². The van der Waals surface area contributed by atoms with Gasteiger partial charge in [-0.25, -0.2) is 8.42 Å². The second-order valence-corrected chi connectivity index (χ2v) is 14.2. The van der Waals surface area contributed by atoms with Gasteiger partial charge in [-0.3, -0.25) is 10.0 Å². The van der Waals surface area contributed by atoms with Crippen LogP contribution in [0.2, 0.25) is 0 Å². The Balaban J connectivity index is 1.16. The summed E-state index contributed by atoms with van der Waals surface area (Å²) in [5.41, 5.74) is 1.73. The minimum absolute atomic E-state index is 0.173. The Morgan fingerprint density at radius 3 is 1.41 bits per heavy atom. The van der Waals surface area contributed by atoms with E-state index < -0.39 is 9.84 Å². The molecule has 8 nitrogen and oxygen atoms in total. The quantitative estimate of drug-likeness (QED) is 0.180. The molecule has 6 rings (SSSR count). The highest BCUT2D eigenvalue weighted by molar-refractivity contribution is 7.91. The van der Waals surface area contributed by atoms with E-state index in [0.717, 1.165) is 24.6 Å². The maximum atomic E-state index is 13.5. The number of benzene rings is 2. The minimum Gasteiger partial charge on any atom is -0.371 e. The zero-order chi connectivity index (χ0) is 28.4. The molecule has 4 aliphatic rings. The first-order valence-electron chi connectivity index (χ1n) is 15.2. The van der Waals surface area contributed by atoms with Gasteiger partial charge in [0.1, 0.15) is 12.2 Å². The van der Waals surface area contributed by atoms with Crippen LogP contribution >= 0.6 is 0 Å². The number of epoxide rings is 2. The zero-order valence-electron chi connectivity index (χ0n) is 24.1. The van der Waals surface area contributed by atoms with Crippen LogP contribution in [-0.4, -0.2) is 59.4 Å². The number of hydrogen-bond acceptors (Lipinski definition) is 8. The van der Waals surface area contributed by atoms with Gasteiger partial charge >= 0.3 is 0 Å². The molecule has 0 bridgehead atoms. The summed E-state index contributed by atoms with van der Waals surface area (Å²) in [6.07, 6.45) is 11.8. The van der Waals surface area contributed by atoms with Crippen molar-refractivity contribution in [3.05, 3.63) is 48.5 Å². The van der Waals surface area contributed by atoms with Crippen molar-refractivity contribution in [3.63, 3.8) is 0 Å². The Bertz CT molecular complexity index is 1240. The van der Waals surface area contributed by atoms with Crippen molar-refractivity contribution in [1.82, 2.24) is 0 Å². The molecule has 6 unspecified atom stereocenters. The number of ether oxygens (including phenoxy) is 2. The van der Waals surface area contributed by atoms with E-state index in [1.165, 1.54) is 38.5 Å². The Labute approximate surface area is 244 Å². The van der Waals surface area contributed by atoms with Gasteiger partial charge < -0.3 is 9.47 Å². The zero-order valence-corrected chi connectivity index (χ0v) is 25.0. The molecule has 6 atom stereocenters. The predicted octanol–water partition coefficient (Wildman–Crippen LogP) is 5.77. The molecule has 2 aromatic rings. The molecule has 2 saturated heterocycles. The van der Waals surface area contributed by atoms with Gasteiger partial charge in [-0.15, -0.1) is 0 Å². The fourth-order valence-electron chi connectivity index (χ4n) is 6.03. The molecule has 2 aliphatic heterocycles. The average Bonchev–Trinajstić information content (AvgIpc) is 3.90. The van der Waals surface area contributed by atoms with Crippen LogP contribution in [0, 0.1) is 23.7 Å². The lowest BCUT2D eigenvalue weighted by atomic mass is 10.00. The summed E-state index contributed by atoms with van der Waals surface area (Å²) in [5, 5.41) is 13.5. The highest BCUT2D eigenvalue weighted by Gasteiger charge is 2.29. The lowest BCUT2D eigenvalue weighted by Crippen LogP contribution is -2.23. The summed E-state index contributed by atoms with van der Waals surface area (Å²) in [6, 6.07) is 14.1. The van der Waals surface area contributed by atoms with Gasteiger partial charge in [-0.2, -0.15) is 10.2 Å². The average molecular weight is 579 g/mol. The van der Waals surface area contributed by atoms with E-state index in [1.54, 1.807) is 24.3 Å². The third kappa shape index (κ3) is 7.01. The van der Waals surface area contributed by atoms with Crippen molar-refractivity contribution in [2.75, 3.05) is 36.3 Å². The van der Waals surface area contributed by atoms with Crippen molar-refractivity contribution in [2.45, 2.75) is 74.4 Å². The first-order chi connectivity index (χ1) is 19.9. The summed E-state index contributed by atoms with van der Waals surface area (Å²) < 4.78 is 37.9. The molecule has 41 heavy (non-hydrogen) atoms. The molecule has 9 heteroatoms. The Morgan fingerprint density at radius 1 is 0.707 bits per heavy atom. The minimum atomic E-state index is -3.67. The van der Waals surface area contributed by atoms with Gasteiger partial charge in [0.2, 0.25) is 9.84 Å². The summed E-state index contributed by atoms with van der Waals surface area (Å²) >= 11 is 0. The van der Waals surface area contributed by atoms with Gasteiger partial charge in [0.15, 0.2) is 0 Å². The van der Waals surface area contributed by atoms with Crippen LogP contribution in [0.1, 0.15) is 52.4 Å². The van der Waals surface area contributed by atoms with Crippen LogP contribution in [0.4, 0.5) is 11.4 Å². The summed E-state index contributed by atoms with van der Waals surface area (Å²) in [6.45, 7) is 7.38. The van der Waals surface area contributed by atoms with Gasteiger partial charge in [-0.1, -0.05) is 39.5 Å². The molecule has 2 saturated carbocycles.